The van der Waals surface area contributed by atoms with Gasteiger partial charge in [0.2, 0.25) is 17.7 Å². The number of fused-ring (bicyclic) bond motifs is 1. The highest BCUT2D eigenvalue weighted by molar-refractivity contribution is 6.03. The fourth-order valence-corrected chi connectivity index (χ4v) is 7.97. The monoisotopic (exact) mass is 613 g/mol. The first kappa shape index (κ1) is 32.6. The lowest BCUT2D eigenvalue weighted by atomic mass is 9.62. The third-order valence-electron chi connectivity index (χ3n) is 10.1. The summed E-state index contributed by atoms with van der Waals surface area (Å²) < 4.78 is 7.00. The van der Waals surface area contributed by atoms with Gasteiger partial charge in [-0.1, -0.05) is 80.4 Å². The average molecular weight is 614 g/mol. The number of hydrogen-bond acceptors (Lipinski definition) is 5. The molecule has 8 nitrogen and oxygen atoms in total. The summed E-state index contributed by atoms with van der Waals surface area (Å²) >= 11 is 0. The van der Waals surface area contributed by atoms with Crippen molar-refractivity contribution in [3.05, 3.63) is 91.5 Å². The summed E-state index contributed by atoms with van der Waals surface area (Å²) in [6.07, 6.45) is 6.96. The number of carbonyl (C=O) groups excluding carboxylic acids is 3. The van der Waals surface area contributed by atoms with Crippen LogP contribution in [0.3, 0.4) is 0 Å². The van der Waals surface area contributed by atoms with Crippen LogP contribution in [0.1, 0.15) is 51.5 Å². The molecule has 3 fully saturated rings. The Kier molecular flexibility index (Phi) is 9.94. The van der Waals surface area contributed by atoms with Crippen LogP contribution in [-0.4, -0.2) is 76.1 Å². The van der Waals surface area contributed by atoms with Gasteiger partial charge in [0.1, 0.15) is 11.6 Å². The Morgan fingerprint density at radius 3 is 2.27 bits per heavy atom. The topological polar surface area (TPSA) is 90.4 Å². The molecule has 0 radical (unpaired) electrons. The number of amides is 3. The molecule has 45 heavy (non-hydrogen) atoms. The zero-order valence-electron chi connectivity index (χ0n) is 26.6. The molecule has 1 spiro atoms. The number of likely N-dealkylation sites (tertiary alicyclic amines) is 1. The maximum absolute atomic E-state index is 14.8. The Labute approximate surface area is 267 Å². The molecule has 0 aromatic heterocycles. The van der Waals surface area contributed by atoms with Crippen molar-refractivity contribution in [2.75, 3.05) is 31.1 Å². The first-order chi connectivity index (χ1) is 21.7. The van der Waals surface area contributed by atoms with Gasteiger partial charge >= 0.3 is 0 Å². The van der Waals surface area contributed by atoms with E-state index in [1.807, 2.05) is 67.6 Å². The number of unbranched alkanes of at least 4 members (excludes halogenated alkanes) is 3. The molecule has 1 N–H and O–H groups in total. The van der Waals surface area contributed by atoms with Gasteiger partial charge in [-0.3, -0.25) is 14.4 Å². The molecule has 3 amide bonds. The first-order valence-electron chi connectivity index (χ1n) is 16.3. The lowest BCUT2D eigenvalue weighted by molar-refractivity contribution is -0.152. The fraction of sp³-hybridized carbons (Fsp3) is 0.486. The Hall–Kier alpha value is -3.75. The van der Waals surface area contributed by atoms with Crippen LogP contribution in [0.15, 0.2) is 86.0 Å². The van der Waals surface area contributed by atoms with Gasteiger partial charge in [-0.15, -0.1) is 13.2 Å². The summed E-state index contributed by atoms with van der Waals surface area (Å²) in [5.74, 6) is -2.14. The number of hydrogen-bond donors (Lipinski definition) is 1. The quantitative estimate of drug-likeness (QED) is 0.226. The highest BCUT2D eigenvalue weighted by Crippen LogP contribution is 2.65. The van der Waals surface area contributed by atoms with Gasteiger partial charge < -0.3 is 24.5 Å². The highest BCUT2D eigenvalue weighted by atomic mass is 16.5. The van der Waals surface area contributed by atoms with Crippen LogP contribution in [0.2, 0.25) is 0 Å². The van der Waals surface area contributed by atoms with Crippen molar-refractivity contribution < 1.29 is 24.2 Å². The van der Waals surface area contributed by atoms with Crippen LogP contribution < -0.4 is 4.90 Å². The minimum Gasteiger partial charge on any atom is -0.396 e. The van der Waals surface area contributed by atoms with E-state index in [2.05, 4.69) is 20.1 Å². The second kappa shape index (κ2) is 13.7. The zero-order chi connectivity index (χ0) is 32.2. The number of aliphatic hydroxyl groups is 1. The predicted octanol–water partition coefficient (Wildman–Crippen LogP) is 4.98. The van der Waals surface area contributed by atoms with Gasteiger partial charge in [-0.05, 0) is 49.8 Å². The summed E-state index contributed by atoms with van der Waals surface area (Å²) in [6.45, 7) is 13.3. The van der Waals surface area contributed by atoms with Gasteiger partial charge in [0.25, 0.3) is 0 Å². The van der Waals surface area contributed by atoms with Gasteiger partial charge in [-0.2, -0.15) is 0 Å². The summed E-state index contributed by atoms with van der Waals surface area (Å²) in [5, 5.41) is 9.26. The molecule has 240 valence electrons. The number of ether oxygens (including phenoxy) is 1. The van der Waals surface area contributed by atoms with Gasteiger partial charge in [-0.25, -0.2) is 0 Å². The largest absolute Gasteiger partial charge is 0.396 e. The minimum atomic E-state index is -1.12. The Balaban J connectivity index is 1.55. The van der Waals surface area contributed by atoms with Crippen molar-refractivity contribution in [2.24, 2.45) is 17.8 Å². The molecule has 8 heteroatoms. The van der Waals surface area contributed by atoms with Crippen molar-refractivity contribution in [3.63, 3.8) is 0 Å². The fourth-order valence-electron chi connectivity index (χ4n) is 7.97. The molecular formula is C37H47N3O5. The second-order valence-corrected chi connectivity index (χ2v) is 12.9. The van der Waals surface area contributed by atoms with Crippen molar-refractivity contribution in [1.29, 1.82) is 0 Å². The molecule has 3 aliphatic rings. The Morgan fingerprint density at radius 1 is 0.978 bits per heavy atom. The van der Waals surface area contributed by atoms with Crippen LogP contribution in [-0.2, 0) is 25.7 Å². The number of nitrogens with zero attached hydrogens (tertiary/aromatic N) is 3. The number of para-hydroxylation sites is 1. The van der Waals surface area contributed by atoms with E-state index in [1.165, 1.54) is 0 Å². The lowest BCUT2D eigenvalue weighted by Gasteiger charge is -2.39. The molecule has 0 saturated carbocycles. The normalized spacial score (nSPS) is 28.2. The maximum Gasteiger partial charge on any atom is 0.248 e. The predicted molar refractivity (Wildman–Crippen MR) is 175 cm³/mol. The number of carbonyl (C=O) groups is 3. The first-order valence-corrected chi connectivity index (χ1v) is 16.3. The number of rotatable bonds is 15. The molecule has 2 bridgehead atoms. The molecule has 3 aliphatic heterocycles. The molecule has 0 aliphatic carbocycles. The molecule has 3 heterocycles. The van der Waals surface area contributed by atoms with Gasteiger partial charge in [0.05, 0.1) is 17.4 Å². The molecule has 6 atom stereocenters. The van der Waals surface area contributed by atoms with Gasteiger partial charge in [0.15, 0.2) is 0 Å². The molecule has 3 saturated heterocycles. The summed E-state index contributed by atoms with van der Waals surface area (Å²) in [4.78, 5) is 49.2. The smallest absolute Gasteiger partial charge is 0.248 e. The van der Waals surface area contributed by atoms with Crippen molar-refractivity contribution >= 4 is 23.4 Å². The van der Waals surface area contributed by atoms with Crippen LogP contribution in [0.25, 0.3) is 0 Å². The summed E-state index contributed by atoms with van der Waals surface area (Å²) in [5.41, 5.74) is -0.329. The molecule has 2 aromatic rings. The number of benzene rings is 2. The zero-order valence-corrected chi connectivity index (χ0v) is 26.6. The summed E-state index contributed by atoms with van der Waals surface area (Å²) in [7, 11) is 0. The SMILES string of the molecule is C=CCN(Cc1ccccc1)C(=O)C1N(CCCCCCO)C(=O)[C@@H]2[C@H](C(=O)N(CC=C)c3ccccc3)[C@@]3(C)OC12CC3C. The lowest BCUT2D eigenvalue weighted by Crippen LogP contribution is -2.57. The van der Waals surface area contributed by atoms with E-state index in [-0.39, 0.29) is 30.2 Å². The van der Waals surface area contributed by atoms with Crippen LogP contribution in [0.4, 0.5) is 5.69 Å². The molecule has 5 rings (SSSR count). The van der Waals surface area contributed by atoms with Crippen LogP contribution >= 0.6 is 0 Å². The van der Waals surface area contributed by atoms with E-state index >= 15 is 0 Å². The van der Waals surface area contributed by atoms with Crippen LogP contribution in [0, 0.1) is 17.8 Å². The second-order valence-electron chi connectivity index (χ2n) is 12.9. The molecular weight excluding hydrogens is 566 g/mol. The number of anilines is 1. The van der Waals surface area contributed by atoms with E-state index in [9.17, 15) is 19.5 Å². The van der Waals surface area contributed by atoms with E-state index in [4.69, 9.17) is 4.74 Å². The molecule has 3 unspecified atom stereocenters. The van der Waals surface area contributed by atoms with Crippen LogP contribution in [0.5, 0.6) is 0 Å². The third-order valence-corrected chi connectivity index (χ3v) is 10.1. The van der Waals surface area contributed by atoms with Gasteiger partial charge in [0, 0.05) is 38.5 Å². The standard InChI is InChI=1S/C37H47N3O5/c1-5-21-38(26-28-17-11-9-12-18-28)35(44)32-37-25-27(3)36(4,45-37)30(31(37)34(43)40(32)23-15-7-8-16-24-41)33(42)39(22-6-2)29-19-13-10-14-20-29/h5-6,9-14,17-20,27,30-32,41H,1-2,7-8,15-16,21-26H2,3-4H3/t27?,30-,31+,32?,36+,37?/m1/s1. The molecule has 2 aromatic carbocycles. The maximum atomic E-state index is 14.8. The third kappa shape index (κ3) is 5.86. The Bertz CT molecular complexity index is 1380. The van der Waals surface area contributed by atoms with Crippen molar-refractivity contribution in [3.8, 4) is 0 Å². The minimum absolute atomic E-state index is 0.0568. The van der Waals surface area contributed by atoms with E-state index in [0.717, 1.165) is 24.1 Å². The summed E-state index contributed by atoms with van der Waals surface area (Å²) in [6, 6.07) is 18.4. The Morgan fingerprint density at radius 2 is 1.62 bits per heavy atom. The highest BCUT2D eigenvalue weighted by Gasteiger charge is 2.80. The van der Waals surface area contributed by atoms with Crippen molar-refractivity contribution in [2.45, 2.75) is 69.7 Å². The van der Waals surface area contributed by atoms with Crippen molar-refractivity contribution in [1.82, 2.24) is 9.80 Å². The number of aliphatic hydroxyl groups excluding tert-OH is 1. The van der Waals surface area contributed by atoms with E-state index in [1.54, 1.807) is 26.9 Å². The van der Waals surface area contributed by atoms with E-state index < -0.39 is 29.1 Å². The average Bonchev–Trinajstić information content (AvgIpc) is 3.56. The van der Waals surface area contributed by atoms with E-state index in [0.29, 0.717) is 45.4 Å².